The highest BCUT2D eigenvalue weighted by atomic mass is 35.5. The van der Waals surface area contributed by atoms with Gasteiger partial charge >= 0.3 is 0 Å². The molecule has 0 aromatic heterocycles. The second kappa shape index (κ2) is 1.89. The van der Waals surface area contributed by atoms with Crippen LogP contribution in [0.15, 0.2) is 0 Å². The first-order valence-corrected chi connectivity index (χ1v) is 3.34. The van der Waals surface area contributed by atoms with Crippen molar-refractivity contribution in [2.75, 3.05) is 6.61 Å². The van der Waals surface area contributed by atoms with Gasteiger partial charge in [0.25, 0.3) is 0 Å². The van der Waals surface area contributed by atoms with Gasteiger partial charge in [-0.2, -0.15) is 0 Å². The van der Waals surface area contributed by atoms with Crippen molar-refractivity contribution in [2.24, 2.45) is 0 Å². The fraction of sp³-hybridized carbons (Fsp3) is 1.00. The third kappa shape index (κ3) is 1.64. The van der Waals surface area contributed by atoms with E-state index in [0.717, 1.165) is 13.0 Å². The molecule has 8 heavy (non-hydrogen) atoms. The molecule has 0 bridgehead atoms. The molecule has 1 rings (SSSR count). The lowest BCUT2D eigenvalue weighted by Crippen LogP contribution is -2.09. The van der Waals surface area contributed by atoms with Gasteiger partial charge in [0.05, 0.1) is 12.2 Å². The molecular formula is C6H11ClO. The van der Waals surface area contributed by atoms with E-state index in [2.05, 4.69) is 6.92 Å². The summed E-state index contributed by atoms with van der Waals surface area (Å²) in [7, 11) is 0. The van der Waals surface area contributed by atoms with E-state index in [1.54, 1.807) is 0 Å². The highest BCUT2D eigenvalue weighted by Crippen LogP contribution is 2.32. The molecular weight excluding hydrogens is 124 g/mol. The van der Waals surface area contributed by atoms with Crippen molar-refractivity contribution in [1.29, 1.82) is 0 Å². The monoisotopic (exact) mass is 134 g/mol. The predicted octanol–water partition coefficient (Wildman–Crippen LogP) is 1.79. The molecule has 1 fully saturated rings. The van der Waals surface area contributed by atoms with Crippen LogP contribution in [0.2, 0.25) is 0 Å². The van der Waals surface area contributed by atoms with E-state index in [1.165, 1.54) is 0 Å². The molecule has 2 unspecified atom stereocenters. The maximum absolute atomic E-state index is 5.72. The topological polar surface area (TPSA) is 12.5 Å². The van der Waals surface area contributed by atoms with E-state index >= 15 is 0 Å². The smallest absolute Gasteiger partial charge is 0.0902 e. The van der Waals surface area contributed by atoms with Gasteiger partial charge in [0, 0.05) is 5.38 Å². The molecule has 0 spiro atoms. The van der Waals surface area contributed by atoms with Crippen molar-refractivity contribution in [1.82, 2.24) is 0 Å². The number of halogens is 1. The van der Waals surface area contributed by atoms with Gasteiger partial charge in [0.1, 0.15) is 0 Å². The Bertz CT molecular complexity index is 86.5. The van der Waals surface area contributed by atoms with Gasteiger partial charge < -0.3 is 4.74 Å². The Hall–Kier alpha value is 0.250. The Morgan fingerprint density at radius 1 is 1.88 bits per heavy atom. The first-order chi connectivity index (χ1) is 3.62. The van der Waals surface area contributed by atoms with Gasteiger partial charge in [-0.3, -0.25) is 0 Å². The van der Waals surface area contributed by atoms with E-state index in [9.17, 15) is 0 Å². The summed E-state index contributed by atoms with van der Waals surface area (Å²) in [6.07, 6.45) is 0.981. The van der Waals surface area contributed by atoms with Crippen molar-refractivity contribution < 1.29 is 4.74 Å². The minimum Gasteiger partial charge on any atom is -0.370 e. The number of ether oxygens (including phenoxy) is 1. The van der Waals surface area contributed by atoms with Crippen LogP contribution >= 0.6 is 11.6 Å². The number of alkyl halides is 1. The summed E-state index contributed by atoms with van der Waals surface area (Å²) < 4.78 is 5.12. The number of hydrogen-bond donors (Lipinski definition) is 0. The molecule has 0 saturated carbocycles. The lowest BCUT2D eigenvalue weighted by Gasteiger charge is -2.04. The van der Waals surface area contributed by atoms with Gasteiger partial charge in [-0.05, 0) is 20.3 Å². The van der Waals surface area contributed by atoms with Gasteiger partial charge in [0.2, 0.25) is 0 Å². The van der Waals surface area contributed by atoms with Crippen LogP contribution in [0, 0.1) is 0 Å². The first kappa shape index (κ1) is 6.37. The fourth-order valence-corrected chi connectivity index (χ4v) is 1.16. The normalized spacial score (nSPS) is 39.4. The van der Waals surface area contributed by atoms with Crippen LogP contribution in [0.5, 0.6) is 0 Å². The predicted molar refractivity (Wildman–Crippen MR) is 34.3 cm³/mol. The van der Waals surface area contributed by atoms with Crippen molar-refractivity contribution in [3.8, 4) is 0 Å². The lowest BCUT2D eigenvalue weighted by molar-refractivity contribution is 0.308. The summed E-state index contributed by atoms with van der Waals surface area (Å²) in [5.74, 6) is 0. The molecule has 48 valence electrons. The molecule has 1 aliphatic rings. The van der Waals surface area contributed by atoms with E-state index < -0.39 is 0 Å². The third-order valence-electron chi connectivity index (χ3n) is 1.35. The van der Waals surface area contributed by atoms with Crippen molar-refractivity contribution >= 4 is 11.6 Å². The van der Waals surface area contributed by atoms with Crippen LogP contribution in [-0.4, -0.2) is 17.6 Å². The molecule has 0 aromatic rings. The molecule has 0 N–H and O–H groups in total. The zero-order valence-electron chi connectivity index (χ0n) is 5.28. The number of hydrogen-bond acceptors (Lipinski definition) is 1. The molecule has 0 aliphatic carbocycles. The molecule has 0 amide bonds. The highest BCUT2D eigenvalue weighted by molar-refractivity contribution is 6.20. The Morgan fingerprint density at radius 3 is 2.50 bits per heavy atom. The molecule has 1 aliphatic heterocycles. The molecule has 0 aromatic carbocycles. The Balaban J connectivity index is 2.19. The van der Waals surface area contributed by atoms with E-state index in [1.807, 2.05) is 6.92 Å². The lowest BCUT2D eigenvalue weighted by atomic mass is 10.1. The van der Waals surface area contributed by atoms with Crippen molar-refractivity contribution in [3.63, 3.8) is 0 Å². The molecule has 1 saturated heterocycles. The van der Waals surface area contributed by atoms with Crippen LogP contribution in [0.4, 0.5) is 0 Å². The maximum Gasteiger partial charge on any atom is 0.0902 e. The van der Waals surface area contributed by atoms with Crippen LogP contribution in [0.25, 0.3) is 0 Å². The van der Waals surface area contributed by atoms with Crippen molar-refractivity contribution in [3.05, 3.63) is 0 Å². The average molecular weight is 135 g/mol. The van der Waals surface area contributed by atoms with E-state index in [-0.39, 0.29) is 11.0 Å². The average Bonchev–Trinajstić information content (AvgIpc) is 2.17. The van der Waals surface area contributed by atoms with Crippen LogP contribution < -0.4 is 0 Å². The van der Waals surface area contributed by atoms with Gasteiger partial charge in [-0.15, -0.1) is 11.6 Å². The second-order valence-electron chi connectivity index (χ2n) is 2.72. The maximum atomic E-state index is 5.72. The summed E-state index contributed by atoms with van der Waals surface area (Å²) in [6, 6.07) is 0. The van der Waals surface area contributed by atoms with Crippen LogP contribution in [0.1, 0.15) is 20.3 Å². The largest absolute Gasteiger partial charge is 0.370 e. The minimum atomic E-state index is 0.140. The molecule has 1 nitrogen and oxygen atoms in total. The molecule has 1 heterocycles. The van der Waals surface area contributed by atoms with Crippen molar-refractivity contribution in [2.45, 2.75) is 31.2 Å². The summed E-state index contributed by atoms with van der Waals surface area (Å²) in [4.78, 5) is 0. The van der Waals surface area contributed by atoms with Crippen LogP contribution in [-0.2, 0) is 4.74 Å². The Kier molecular flexibility index (Phi) is 1.50. The summed E-state index contributed by atoms with van der Waals surface area (Å²) in [5, 5.41) is 0.252. The molecule has 2 atom stereocenters. The van der Waals surface area contributed by atoms with Gasteiger partial charge in [0.15, 0.2) is 0 Å². The quantitative estimate of drug-likeness (QED) is 0.415. The van der Waals surface area contributed by atoms with E-state index in [0.29, 0.717) is 0 Å². The number of rotatable bonds is 2. The Morgan fingerprint density at radius 2 is 2.38 bits per heavy atom. The minimum absolute atomic E-state index is 0.140. The van der Waals surface area contributed by atoms with Gasteiger partial charge in [-0.25, -0.2) is 0 Å². The fourth-order valence-electron chi connectivity index (χ4n) is 0.836. The zero-order chi connectivity index (χ0) is 6.20. The third-order valence-corrected chi connectivity index (χ3v) is 1.50. The summed E-state index contributed by atoms with van der Waals surface area (Å²) in [5.41, 5.74) is 0.140. The van der Waals surface area contributed by atoms with Crippen LogP contribution in [0.3, 0.4) is 0 Å². The molecule has 0 radical (unpaired) electrons. The zero-order valence-corrected chi connectivity index (χ0v) is 6.03. The summed E-state index contributed by atoms with van der Waals surface area (Å²) >= 11 is 5.72. The highest BCUT2D eigenvalue weighted by Gasteiger charge is 2.39. The first-order valence-electron chi connectivity index (χ1n) is 2.90. The molecule has 2 heteroatoms. The standard InChI is InChI=1S/C6H11ClO/c1-5(7)3-6(2)4-8-6/h5H,3-4H2,1-2H3. The van der Waals surface area contributed by atoms with E-state index in [4.69, 9.17) is 16.3 Å². The number of epoxide rings is 1. The second-order valence-corrected chi connectivity index (χ2v) is 3.47. The summed E-state index contributed by atoms with van der Waals surface area (Å²) in [6.45, 7) is 4.98. The Labute approximate surface area is 55.0 Å². The SMILES string of the molecule is CC(Cl)CC1(C)CO1. The van der Waals surface area contributed by atoms with Gasteiger partial charge in [-0.1, -0.05) is 0 Å².